The lowest BCUT2D eigenvalue weighted by molar-refractivity contribution is -0.121. The van der Waals surface area contributed by atoms with Crippen molar-refractivity contribution in [3.63, 3.8) is 0 Å². The molecule has 1 heterocycles. The van der Waals surface area contributed by atoms with Crippen molar-refractivity contribution in [2.24, 2.45) is 0 Å². The Hall–Kier alpha value is -3.45. The summed E-state index contributed by atoms with van der Waals surface area (Å²) in [5, 5.41) is 7.51. The first-order chi connectivity index (χ1) is 15.0. The minimum absolute atomic E-state index is 0.0322. The lowest BCUT2D eigenvalue weighted by Crippen LogP contribution is -2.38. The lowest BCUT2D eigenvalue weighted by atomic mass is 10.1. The largest absolute Gasteiger partial charge is 0.385 e. The van der Waals surface area contributed by atoms with Crippen LogP contribution in [0.1, 0.15) is 22.3 Å². The van der Waals surface area contributed by atoms with E-state index < -0.39 is 0 Å². The summed E-state index contributed by atoms with van der Waals surface area (Å²) in [6.45, 7) is 3.05. The zero-order valence-electron chi connectivity index (χ0n) is 18.2. The predicted octanol–water partition coefficient (Wildman–Crippen LogP) is 3.07. The number of para-hydroxylation sites is 1. The Morgan fingerprint density at radius 2 is 1.90 bits per heavy atom. The molecule has 3 rings (SSSR count). The Balaban J connectivity index is 1.85. The topological polar surface area (TPSA) is 76.5 Å². The van der Waals surface area contributed by atoms with Crippen molar-refractivity contribution < 1.29 is 14.3 Å². The highest BCUT2D eigenvalue weighted by molar-refractivity contribution is 6.01. The maximum Gasteiger partial charge on any atom is 0.257 e. The number of likely N-dealkylation sites (N-methyl/N-ethyl adjacent to an activating group) is 1. The molecule has 0 saturated carbocycles. The van der Waals surface area contributed by atoms with Crippen LogP contribution in [-0.4, -0.2) is 60.3 Å². The van der Waals surface area contributed by atoms with Crippen LogP contribution in [0.5, 0.6) is 0 Å². The molecule has 0 saturated heterocycles. The number of methoxy groups -OCH3 is 1. The highest BCUT2D eigenvalue weighted by Gasteiger charge is 2.23. The van der Waals surface area contributed by atoms with Crippen molar-refractivity contribution in [2.45, 2.75) is 13.3 Å². The van der Waals surface area contributed by atoms with E-state index in [9.17, 15) is 9.59 Å². The minimum Gasteiger partial charge on any atom is -0.385 e. The summed E-state index contributed by atoms with van der Waals surface area (Å²) in [5.74, 6) is -0.467. The molecular formula is C24H28N4O3. The Labute approximate surface area is 182 Å². The number of carbonyl (C=O) groups excluding carboxylic acids is 2. The number of nitrogens with one attached hydrogen (secondary N) is 1. The molecule has 0 aliphatic rings. The summed E-state index contributed by atoms with van der Waals surface area (Å²) >= 11 is 0. The number of ether oxygens (including phenoxy) is 1. The number of nitrogens with zero attached hydrogens (tertiary/aromatic N) is 3. The van der Waals surface area contributed by atoms with Gasteiger partial charge in [-0.1, -0.05) is 42.0 Å². The molecule has 31 heavy (non-hydrogen) atoms. The van der Waals surface area contributed by atoms with Gasteiger partial charge in [0, 0.05) is 39.1 Å². The highest BCUT2D eigenvalue weighted by atomic mass is 16.5. The van der Waals surface area contributed by atoms with Crippen LogP contribution in [0.15, 0.2) is 60.8 Å². The smallest absolute Gasteiger partial charge is 0.257 e. The number of hydrogen-bond donors (Lipinski definition) is 1. The van der Waals surface area contributed by atoms with Gasteiger partial charge >= 0.3 is 0 Å². The first-order valence-electron chi connectivity index (χ1n) is 10.2. The third kappa shape index (κ3) is 5.79. The van der Waals surface area contributed by atoms with Crippen molar-refractivity contribution in [2.75, 3.05) is 33.9 Å². The maximum absolute atomic E-state index is 13.3. The van der Waals surface area contributed by atoms with Crippen LogP contribution < -0.4 is 5.32 Å². The summed E-state index contributed by atoms with van der Waals surface area (Å²) in [4.78, 5) is 26.9. The molecule has 1 N–H and O–H groups in total. The molecule has 0 fully saturated rings. The van der Waals surface area contributed by atoms with Gasteiger partial charge in [0.2, 0.25) is 5.91 Å². The van der Waals surface area contributed by atoms with E-state index in [2.05, 4.69) is 5.32 Å². The fourth-order valence-electron chi connectivity index (χ4n) is 3.24. The van der Waals surface area contributed by atoms with Crippen LogP contribution in [0.25, 0.3) is 16.9 Å². The molecule has 0 radical (unpaired) electrons. The molecule has 0 aliphatic heterocycles. The molecular weight excluding hydrogens is 392 g/mol. The maximum atomic E-state index is 13.3. The third-order valence-corrected chi connectivity index (χ3v) is 4.83. The fourth-order valence-corrected chi connectivity index (χ4v) is 3.24. The molecule has 0 atom stereocenters. The number of hydrogen-bond acceptors (Lipinski definition) is 4. The molecule has 0 spiro atoms. The van der Waals surface area contributed by atoms with Crippen LogP contribution in [0.3, 0.4) is 0 Å². The first kappa shape index (κ1) is 22.2. The van der Waals surface area contributed by atoms with Crippen LogP contribution in [0.2, 0.25) is 0 Å². The molecule has 3 aromatic rings. The van der Waals surface area contributed by atoms with Gasteiger partial charge in [0.1, 0.15) is 5.69 Å². The summed E-state index contributed by atoms with van der Waals surface area (Å²) in [6, 6.07) is 17.5. The van der Waals surface area contributed by atoms with E-state index in [4.69, 9.17) is 9.84 Å². The van der Waals surface area contributed by atoms with Crippen LogP contribution in [0.4, 0.5) is 0 Å². The van der Waals surface area contributed by atoms with Crippen LogP contribution >= 0.6 is 0 Å². The first-order valence-corrected chi connectivity index (χ1v) is 10.2. The van der Waals surface area contributed by atoms with Gasteiger partial charge in [0.25, 0.3) is 5.91 Å². The van der Waals surface area contributed by atoms with E-state index >= 15 is 0 Å². The van der Waals surface area contributed by atoms with Gasteiger partial charge in [-0.25, -0.2) is 4.68 Å². The summed E-state index contributed by atoms with van der Waals surface area (Å²) < 4.78 is 6.68. The Kier molecular flexibility index (Phi) is 7.56. The molecule has 7 nitrogen and oxygen atoms in total. The van der Waals surface area contributed by atoms with E-state index in [1.54, 1.807) is 25.0 Å². The average molecular weight is 421 g/mol. The SMILES string of the molecule is COCCCNC(=O)CN(C)C(=O)c1cn(-c2ccccc2)nc1-c1cccc(C)c1. The standard InChI is InChI=1S/C24H28N4O3/c1-18-9-7-10-19(15-18)23-21(16-28(26-23)20-11-5-4-6-12-20)24(30)27(2)17-22(29)25-13-8-14-31-3/h4-7,9-12,15-16H,8,13-14,17H2,1-3H3,(H,25,29). The summed E-state index contributed by atoms with van der Waals surface area (Å²) in [5.41, 5.74) is 3.83. The zero-order valence-corrected chi connectivity index (χ0v) is 18.2. The minimum atomic E-state index is -0.259. The van der Waals surface area contributed by atoms with Crippen molar-refractivity contribution in [3.05, 3.63) is 71.9 Å². The number of benzene rings is 2. The van der Waals surface area contributed by atoms with Gasteiger partial charge in [-0.05, 0) is 31.5 Å². The van der Waals surface area contributed by atoms with Gasteiger partial charge in [-0.2, -0.15) is 5.10 Å². The molecule has 2 amide bonds. The van der Waals surface area contributed by atoms with E-state index in [-0.39, 0.29) is 18.4 Å². The van der Waals surface area contributed by atoms with E-state index in [0.717, 1.165) is 23.2 Å². The number of carbonyl (C=O) groups is 2. The van der Waals surface area contributed by atoms with Crippen LogP contribution in [0, 0.1) is 6.92 Å². The van der Waals surface area contributed by atoms with Crippen molar-refractivity contribution in [1.82, 2.24) is 20.0 Å². The zero-order chi connectivity index (χ0) is 22.2. The second kappa shape index (κ2) is 10.5. The molecule has 1 aromatic heterocycles. The summed E-state index contributed by atoms with van der Waals surface area (Å²) in [7, 11) is 3.24. The molecule has 2 aromatic carbocycles. The Morgan fingerprint density at radius 3 is 2.61 bits per heavy atom. The summed E-state index contributed by atoms with van der Waals surface area (Å²) in [6.07, 6.45) is 2.45. The van der Waals surface area contributed by atoms with E-state index in [1.165, 1.54) is 4.90 Å². The number of aromatic nitrogens is 2. The normalized spacial score (nSPS) is 10.7. The lowest BCUT2D eigenvalue weighted by Gasteiger charge is -2.16. The Bertz CT molecular complexity index is 1030. The molecule has 0 aliphatic carbocycles. The highest BCUT2D eigenvalue weighted by Crippen LogP contribution is 2.25. The van der Waals surface area contributed by atoms with Gasteiger partial charge in [-0.15, -0.1) is 0 Å². The van der Waals surface area contributed by atoms with Gasteiger partial charge < -0.3 is 15.0 Å². The van der Waals surface area contributed by atoms with Crippen LogP contribution in [-0.2, 0) is 9.53 Å². The van der Waals surface area contributed by atoms with Crippen molar-refractivity contribution in [3.8, 4) is 16.9 Å². The van der Waals surface area contributed by atoms with Crippen molar-refractivity contribution in [1.29, 1.82) is 0 Å². The van der Waals surface area contributed by atoms with Gasteiger partial charge in [0.05, 0.1) is 17.8 Å². The van der Waals surface area contributed by atoms with Crippen molar-refractivity contribution >= 4 is 11.8 Å². The Morgan fingerprint density at radius 1 is 1.13 bits per heavy atom. The van der Waals surface area contributed by atoms with Gasteiger partial charge in [-0.3, -0.25) is 9.59 Å². The third-order valence-electron chi connectivity index (χ3n) is 4.83. The predicted molar refractivity (Wildman–Crippen MR) is 120 cm³/mol. The second-order valence-electron chi connectivity index (χ2n) is 7.40. The van der Waals surface area contributed by atoms with E-state index in [1.807, 2.05) is 61.5 Å². The average Bonchev–Trinajstić information content (AvgIpc) is 3.22. The van der Waals surface area contributed by atoms with E-state index in [0.29, 0.717) is 24.4 Å². The number of aryl methyl sites for hydroxylation is 1. The number of amides is 2. The molecule has 7 heteroatoms. The molecule has 162 valence electrons. The molecule has 0 unspecified atom stereocenters. The second-order valence-corrected chi connectivity index (χ2v) is 7.40. The monoisotopic (exact) mass is 420 g/mol. The number of rotatable bonds is 9. The quantitative estimate of drug-likeness (QED) is 0.540. The fraction of sp³-hybridized carbons (Fsp3) is 0.292. The molecule has 0 bridgehead atoms. The van der Waals surface area contributed by atoms with Gasteiger partial charge in [0.15, 0.2) is 0 Å².